The average Bonchev–Trinajstić information content (AvgIpc) is 2.49. The molecule has 1 aromatic carbocycles. The van der Waals surface area contributed by atoms with Crippen molar-refractivity contribution in [3.63, 3.8) is 0 Å². The number of methoxy groups -OCH3 is 1. The summed E-state index contributed by atoms with van der Waals surface area (Å²) in [5.74, 6) is 1.13. The van der Waals surface area contributed by atoms with E-state index < -0.39 is 0 Å². The number of nitrogens with two attached hydrogens (primary N) is 1. The number of ether oxygens (including phenoxy) is 1. The Bertz CT molecular complexity index is 482. The van der Waals surface area contributed by atoms with Crippen LogP contribution in [0.25, 0.3) is 0 Å². The molecule has 5 nitrogen and oxygen atoms in total. The molecule has 1 aliphatic heterocycles. The lowest BCUT2D eigenvalue weighted by Gasteiger charge is -2.28. The van der Waals surface area contributed by atoms with Crippen LogP contribution >= 0.6 is 0 Å². The molecule has 1 aliphatic rings. The Labute approximate surface area is 126 Å². The van der Waals surface area contributed by atoms with E-state index in [9.17, 15) is 4.79 Å². The second-order valence-electron chi connectivity index (χ2n) is 5.71. The molecule has 5 heteroatoms. The Kier molecular flexibility index (Phi) is 5.44. The highest BCUT2D eigenvalue weighted by molar-refractivity contribution is 6.00. The molecule has 116 valence electrons. The molecule has 1 fully saturated rings. The summed E-state index contributed by atoms with van der Waals surface area (Å²) < 4.78 is 5.14. The molecule has 1 saturated heterocycles. The summed E-state index contributed by atoms with van der Waals surface area (Å²) in [5, 5.41) is 2.96. The zero-order valence-corrected chi connectivity index (χ0v) is 12.9. The fourth-order valence-electron chi connectivity index (χ4n) is 2.76. The normalized spacial score (nSPS) is 16.7. The standard InChI is InChI=1S/C16H25N3O2/c1-19-10-7-12(8-11-19)6-9-18-16(20)13-4-3-5-14(21-2)15(13)17/h3-5,12H,6-11,17H2,1-2H3,(H,18,20). The lowest BCUT2D eigenvalue weighted by Crippen LogP contribution is -2.32. The van der Waals surface area contributed by atoms with Gasteiger partial charge in [0.2, 0.25) is 0 Å². The molecule has 1 aromatic rings. The second kappa shape index (κ2) is 7.31. The summed E-state index contributed by atoms with van der Waals surface area (Å²) in [5.41, 5.74) is 6.82. The molecule has 0 unspecified atom stereocenters. The van der Waals surface area contributed by atoms with E-state index >= 15 is 0 Å². The molecule has 2 rings (SSSR count). The highest BCUT2D eigenvalue weighted by Gasteiger charge is 2.17. The van der Waals surface area contributed by atoms with Gasteiger partial charge in [-0.05, 0) is 57.5 Å². The van der Waals surface area contributed by atoms with E-state index in [2.05, 4.69) is 17.3 Å². The monoisotopic (exact) mass is 291 g/mol. The predicted molar refractivity (Wildman–Crippen MR) is 84.6 cm³/mol. The van der Waals surface area contributed by atoms with Crippen LogP contribution in [0, 0.1) is 5.92 Å². The molecular weight excluding hydrogens is 266 g/mol. The highest BCUT2D eigenvalue weighted by atomic mass is 16.5. The minimum Gasteiger partial charge on any atom is -0.495 e. The zero-order valence-electron chi connectivity index (χ0n) is 12.9. The summed E-state index contributed by atoms with van der Waals surface area (Å²) in [6, 6.07) is 5.26. The number of likely N-dealkylation sites (tertiary alicyclic amines) is 1. The minimum atomic E-state index is -0.126. The van der Waals surface area contributed by atoms with Crippen molar-refractivity contribution < 1.29 is 9.53 Å². The van der Waals surface area contributed by atoms with Crippen molar-refractivity contribution in [1.82, 2.24) is 10.2 Å². The van der Waals surface area contributed by atoms with E-state index in [1.54, 1.807) is 25.3 Å². The number of benzene rings is 1. The molecule has 0 bridgehead atoms. The van der Waals surface area contributed by atoms with Crippen LogP contribution in [0.5, 0.6) is 5.75 Å². The Balaban J connectivity index is 1.82. The molecule has 1 amide bonds. The number of amides is 1. The van der Waals surface area contributed by atoms with Crippen LogP contribution in [0.4, 0.5) is 5.69 Å². The second-order valence-corrected chi connectivity index (χ2v) is 5.71. The van der Waals surface area contributed by atoms with Crippen LogP contribution in [-0.2, 0) is 0 Å². The average molecular weight is 291 g/mol. The van der Waals surface area contributed by atoms with Crippen LogP contribution < -0.4 is 15.8 Å². The summed E-state index contributed by atoms with van der Waals surface area (Å²) in [6.07, 6.45) is 3.46. The smallest absolute Gasteiger partial charge is 0.253 e. The number of rotatable bonds is 5. The van der Waals surface area contributed by atoms with Crippen molar-refractivity contribution in [1.29, 1.82) is 0 Å². The van der Waals surface area contributed by atoms with Gasteiger partial charge in [0.25, 0.3) is 5.91 Å². The van der Waals surface area contributed by atoms with Crippen molar-refractivity contribution in [2.45, 2.75) is 19.3 Å². The molecular formula is C16H25N3O2. The van der Waals surface area contributed by atoms with E-state index in [0.717, 1.165) is 19.5 Å². The fourth-order valence-corrected chi connectivity index (χ4v) is 2.76. The minimum absolute atomic E-state index is 0.126. The van der Waals surface area contributed by atoms with Gasteiger partial charge in [0.15, 0.2) is 0 Å². The Morgan fingerprint density at radius 3 is 2.81 bits per heavy atom. The third-order valence-corrected chi connectivity index (χ3v) is 4.21. The third-order valence-electron chi connectivity index (χ3n) is 4.21. The van der Waals surface area contributed by atoms with E-state index in [1.807, 2.05) is 0 Å². The molecule has 0 atom stereocenters. The van der Waals surface area contributed by atoms with Crippen LogP contribution in [0.2, 0.25) is 0 Å². The van der Waals surface area contributed by atoms with E-state index in [-0.39, 0.29) is 5.91 Å². The van der Waals surface area contributed by atoms with Crippen molar-refractivity contribution in [2.75, 3.05) is 39.5 Å². The van der Waals surface area contributed by atoms with Gasteiger partial charge in [-0.2, -0.15) is 0 Å². The number of anilines is 1. The van der Waals surface area contributed by atoms with Crippen molar-refractivity contribution >= 4 is 11.6 Å². The number of carbonyl (C=O) groups is 1. The first-order valence-corrected chi connectivity index (χ1v) is 7.51. The number of nitrogens with one attached hydrogen (secondary N) is 1. The number of hydrogen-bond donors (Lipinski definition) is 2. The van der Waals surface area contributed by atoms with E-state index in [1.165, 1.54) is 12.8 Å². The third kappa shape index (κ3) is 4.11. The van der Waals surface area contributed by atoms with Gasteiger partial charge in [0.1, 0.15) is 5.75 Å². The summed E-state index contributed by atoms with van der Waals surface area (Å²) in [4.78, 5) is 14.5. The quantitative estimate of drug-likeness (QED) is 0.811. The summed E-state index contributed by atoms with van der Waals surface area (Å²) in [6.45, 7) is 3.01. The van der Waals surface area contributed by atoms with Gasteiger partial charge in [-0.15, -0.1) is 0 Å². The molecule has 0 saturated carbocycles. The van der Waals surface area contributed by atoms with E-state index in [4.69, 9.17) is 10.5 Å². The SMILES string of the molecule is COc1cccc(C(=O)NCCC2CCN(C)CC2)c1N. The van der Waals surface area contributed by atoms with Crippen molar-refractivity contribution in [3.8, 4) is 5.75 Å². The van der Waals surface area contributed by atoms with Gasteiger partial charge in [0, 0.05) is 6.54 Å². The Hall–Kier alpha value is -1.75. The van der Waals surface area contributed by atoms with Gasteiger partial charge >= 0.3 is 0 Å². The van der Waals surface area contributed by atoms with Gasteiger partial charge in [-0.25, -0.2) is 0 Å². The first kappa shape index (κ1) is 15.6. The molecule has 0 radical (unpaired) electrons. The lowest BCUT2D eigenvalue weighted by molar-refractivity contribution is 0.0949. The molecule has 0 aliphatic carbocycles. The maximum atomic E-state index is 12.2. The maximum Gasteiger partial charge on any atom is 0.253 e. The number of hydrogen-bond acceptors (Lipinski definition) is 4. The number of para-hydroxylation sites is 1. The Morgan fingerprint density at radius 2 is 2.14 bits per heavy atom. The van der Waals surface area contributed by atoms with E-state index in [0.29, 0.717) is 29.5 Å². The first-order valence-electron chi connectivity index (χ1n) is 7.51. The molecule has 21 heavy (non-hydrogen) atoms. The predicted octanol–water partition coefficient (Wildman–Crippen LogP) is 1.74. The highest BCUT2D eigenvalue weighted by Crippen LogP contribution is 2.24. The van der Waals surface area contributed by atoms with Crippen LogP contribution in [0.3, 0.4) is 0 Å². The maximum absolute atomic E-state index is 12.2. The van der Waals surface area contributed by atoms with Gasteiger partial charge in [-0.3, -0.25) is 4.79 Å². The largest absolute Gasteiger partial charge is 0.495 e. The van der Waals surface area contributed by atoms with Crippen molar-refractivity contribution in [2.24, 2.45) is 5.92 Å². The fraction of sp³-hybridized carbons (Fsp3) is 0.562. The molecule has 0 aromatic heterocycles. The van der Waals surface area contributed by atoms with Crippen LogP contribution in [0.1, 0.15) is 29.6 Å². The number of nitrogens with zero attached hydrogens (tertiary/aromatic N) is 1. The van der Waals surface area contributed by atoms with Crippen LogP contribution in [0.15, 0.2) is 18.2 Å². The number of nitrogen functional groups attached to an aromatic ring is 1. The van der Waals surface area contributed by atoms with Gasteiger partial charge in [-0.1, -0.05) is 6.07 Å². The topological polar surface area (TPSA) is 67.6 Å². The van der Waals surface area contributed by atoms with Crippen LogP contribution in [-0.4, -0.2) is 44.6 Å². The number of piperidine rings is 1. The van der Waals surface area contributed by atoms with Gasteiger partial charge < -0.3 is 20.7 Å². The summed E-state index contributed by atoms with van der Waals surface area (Å²) in [7, 11) is 3.71. The molecule has 1 heterocycles. The Morgan fingerprint density at radius 1 is 1.43 bits per heavy atom. The van der Waals surface area contributed by atoms with Crippen molar-refractivity contribution in [3.05, 3.63) is 23.8 Å². The van der Waals surface area contributed by atoms with Gasteiger partial charge in [0.05, 0.1) is 18.4 Å². The summed E-state index contributed by atoms with van der Waals surface area (Å²) >= 11 is 0. The molecule has 3 N–H and O–H groups in total. The lowest BCUT2D eigenvalue weighted by atomic mass is 9.94. The number of carbonyl (C=O) groups excluding carboxylic acids is 1. The first-order chi connectivity index (χ1) is 10.1. The molecule has 0 spiro atoms. The zero-order chi connectivity index (χ0) is 15.2.